The Morgan fingerprint density at radius 1 is 1.21 bits per heavy atom. The van der Waals surface area contributed by atoms with Gasteiger partial charge in [0.2, 0.25) is 0 Å². The first kappa shape index (κ1) is 21.8. The first-order chi connectivity index (χ1) is 10.7. The van der Waals surface area contributed by atoms with Crippen molar-refractivity contribution < 1.29 is 9.84 Å². The van der Waals surface area contributed by atoms with Gasteiger partial charge in [0.25, 0.3) is 0 Å². The van der Waals surface area contributed by atoms with E-state index in [2.05, 4.69) is 26.1 Å². The molecule has 24 heavy (non-hydrogen) atoms. The van der Waals surface area contributed by atoms with E-state index in [1.54, 1.807) is 6.07 Å². The molecule has 2 fully saturated rings. The van der Waals surface area contributed by atoms with Crippen molar-refractivity contribution in [3.63, 3.8) is 0 Å². The van der Waals surface area contributed by atoms with Gasteiger partial charge in [-0.05, 0) is 30.9 Å². The van der Waals surface area contributed by atoms with E-state index in [0.717, 1.165) is 62.3 Å². The number of benzene rings is 1. The molecule has 0 unspecified atom stereocenters. The van der Waals surface area contributed by atoms with Crippen LogP contribution in [0.2, 0.25) is 0 Å². The van der Waals surface area contributed by atoms with Crippen molar-refractivity contribution in [2.24, 2.45) is 5.92 Å². The van der Waals surface area contributed by atoms with E-state index in [1.165, 1.54) is 0 Å². The molecule has 5 nitrogen and oxygen atoms in total. The predicted molar refractivity (Wildman–Crippen MR) is 105 cm³/mol. The number of aromatic hydroxyl groups is 1. The number of nitrogen functional groups attached to an aromatic ring is 1. The van der Waals surface area contributed by atoms with Crippen LogP contribution in [0.5, 0.6) is 5.75 Å². The SMILES string of the molecule is Cl.Cl.Nc1ccc(Br)c([C@H](C2CCOCC2)N2CCNCC2)c1O. The molecular formula is C16H26BrCl2N3O2. The summed E-state index contributed by atoms with van der Waals surface area (Å²) in [4.78, 5) is 2.48. The Hall–Kier alpha value is -0.240. The number of piperazine rings is 1. The fourth-order valence-corrected chi connectivity index (χ4v) is 4.14. The second-order valence-electron chi connectivity index (χ2n) is 6.08. The summed E-state index contributed by atoms with van der Waals surface area (Å²) >= 11 is 3.63. The molecule has 0 radical (unpaired) electrons. The first-order valence-electron chi connectivity index (χ1n) is 7.98. The summed E-state index contributed by atoms with van der Waals surface area (Å²) in [5, 5.41) is 14.0. The number of halogens is 3. The lowest BCUT2D eigenvalue weighted by molar-refractivity contribution is 0.0204. The normalized spacial score (nSPS) is 20.7. The number of rotatable bonds is 3. The lowest BCUT2D eigenvalue weighted by Gasteiger charge is -2.41. The molecule has 1 aromatic rings. The van der Waals surface area contributed by atoms with Gasteiger partial charge in [0, 0.05) is 55.5 Å². The molecule has 0 aliphatic carbocycles. The van der Waals surface area contributed by atoms with Gasteiger partial charge in [-0.1, -0.05) is 15.9 Å². The number of anilines is 1. The quantitative estimate of drug-likeness (QED) is 0.495. The molecule has 0 bridgehead atoms. The van der Waals surface area contributed by atoms with E-state index in [1.807, 2.05) is 6.07 Å². The number of hydrogen-bond acceptors (Lipinski definition) is 5. The summed E-state index contributed by atoms with van der Waals surface area (Å²) in [6.45, 7) is 5.55. The third-order valence-electron chi connectivity index (χ3n) is 4.75. The molecule has 8 heteroatoms. The molecule has 2 saturated heterocycles. The van der Waals surface area contributed by atoms with E-state index < -0.39 is 0 Å². The lowest BCUT2D eigenvalue weighted by Crippen LogP contribution is -2.47. The summed E-state index contributed by atoms with van der Waals surface area (Å²) < 4.78 is 6.47. The molecule has 138 valence electrons. The van der Waals surface area contributed by atoms with Gasteiger partial charge in [0.05, 0.1) is 5.69 Å². The van der Waals surface area contributed by atoms with Crippen LogP contribution in [0.4, 0.5) is 5.69 Å². The summed E-state index contributed by atoms with van der Waals surface area (Å²) in [7, 11) is 0. The fraction of sp³-hybridized carbons (Fsp3) is 0.625. The monoisotopic (exact) mass is 441 g/mol. The van der Waals surface area contributed by atoms with Crippen molar-refractivity contribution in [1.29, 1.82) is 0 Å². The Labute approximate surface area is 164 Å². The molecule has 2 aliphatic heterocycles. The zero-order chi connectivity index (χ0) is 15.5. The van der Waals surface area contributed by atoms with Crippen LogP contribution in [0.15, 0.2) is 16.6 Å². The highest BCUT2D eigenvalue weighted by molar-refractivity contribution is 9.10. The number of nitrogens with one attached hydrogen (secondary N) is 1. The Morgan fingerprint density at radius 3 is 2.46 bits per heavy atom. The van der Waals surface area contributed by atoms with E-state index in [9.17, 15) is 5.11 Å². The Morgan fingerprint density at radius 2 is 1.83 bits per heavy atom. The second-order valence-corrected chi connectivity index (χ2v) is 6.93. The minimum absolute atomic E-state index is 0. The third kappa shape index (κ3) is 4.68. The number of nitrogens with zero attached hydrogens (tertiary/aromatic N) is 1. The molecule has 2 aliphatic rings. The number of hydrogen-bond donors (Lipinski definition) is 3. The zero-order valence-corrected chi connectivity index (χ0v) is 16.8. The van der Waals surface area contributed by atoms with Crippen molar-refractivity contribution in [1.82, 2.24) is 10.2 Å². The van der Waals surface area contributed by atoms with Crippen LogP contribution < -0.4 is 11.1 Å². The summed E-state index contributed by atoms with van der Waals surface area (Å²) in [5.74, 6) is 0.709. The van der Waals surface area contributed by atoms with Crippen molar-refractivity contribution in [3.8, 4) is 5.75 Å². The molecule has 0 saturated carbocycles. The average molecular weight is 443 g/mol. The van der Waals surface area contributed by atoms with Crippen LogP contribution >= 0.6 is 40.7 Å². The highest BCUT2D eigenvalue weighted by Gasteiger charge is 2.34. The van der Waals surface area contributed by atoms with E-state index >= 15 is 0 Å². The third-order valence-corrected chi connectivity index (χ3v) is 5.44. The van der Waals surface area contributed by atoms with E-state index in [4.69, 9.17) is 10.5 Å². The van der Waals surface area contributed by atoms with E-state index in [-0.39, 0.29) is 36.6 Å². The predicted octanol–water partition coefficient (Wildman–Crippen LogP) is 2.95. The number of ether oxygens (including phenoxy) is 1. The van der Waals surface area contributed by atoms with Crippen LogP contribution in [-0.4, -0.2) is 49.4 Å². The van der Waals surface area contributed by atoms with Crippen LogP contribution in [-0.2, 0) is 4.74 Å². The minimum atomic E-state index is 0. The van der Waals surface area contributed by atoms with Crippen LogP contribution in [0.25, 0.3) is 0 Å². The van der Waals surface area contributed by atoms with Gasteiger partial charge in [-0.2, -0.15) is 0 Å². The number of nitrogens with two attached hydrogens (primary N) is 1. The van der Waals surface area contributed by atoms with Crippen molar-refractivity contribution in [2.45, 2.75) is 18.9 Å². The fourth-order valence-electron chi connectivity index (χ4n) is 3.59. The lowest BCUT2D eigenvalue weighted by atomic mass is 9.85. The maximum Gasteiger partial charge on any atom is 0.144 e. The first-order valence-corrected chi connectivity index (χ1v) is 8.77. The van der Waals surface area contributed by atoms with Gasteiger partial charge in [-0.3, -0.25) is 4.90 Å². The Kier molecular flexibility index (Phi) is 9.12. The highest BCUT2D eigenvalue weighted by atomic mass is 79.9. The molecule has 2 heterocycles. The van der Waals surface area contributed by atoms with Gasteiger partial charge in [0.1, 0.15) is 5.75 Å². The smallest absolute Gasteiger partial charge is 0.144 e. The van der Waals surface area contributed by atoms with E-state index in [0.29, 0.717) is 11.6 Å². The van der Waals surface area contributed by atoms with Crippen molar-refractivity contribution >= 4 is 46.4 Å². The summed E-state index contributed by atoms with van der Waals surface area (Å²) in [5.41, 5.74) is 7.35. The summed E-state index contributed by atoms with van der Waals surface area (Å²) in [6, 6.07) is 3.88. The van der Waals surface area contributed by atoms with Gasteiger partial charge in [0.15, 0.2) is 0 Å². The zero-order valence-electron chi connectivity index (χ0n) is 13.5. The molecule has 1 aromatic carbocycles. The molecule has 0 aromatic heterocycles. The van der Waals surface area contributed by atoms with Gasteiger partial charge in [-0.25, -0.2) is 0 Å². The number of phenolic OH excluding ortho intramolecular Hbond substituents is 1. The van der Waals surface area contributed by atoms with Crippen molar-refractivity contribution in [2.75, 3.05) is 45.1 Å². The minimum Gasteiger partial charge on any atom is -0.505 e. The second kappa shape index (κ2) is 10.0. The number of phenols is 1. The van der Waals surface area contributed by atoms with Crippen molar-refractivity contribution in [3.05, 3.63) is 22.2 Å². The highest BCUT2D eigenvalue weighted by Crippen LogP contribution is 2.44. The molecule has 0 spiro atoms. The van der Waals surface area contributed by atoms with Gasteiger partial charge in [-0.15, -0.1) is 24.8 Å². The van der Waals surface area contributed by atoms with Crippen LogP contribution in [0.1, 0.15) is 24.4 Å². The average Bonchev–Trinajstić information content (AvgIpc) is 2.57. The Bertz CT molecular complexity index is 506. The molecule has 1 atom stereocenters. The molecule has 4 N–H and O–H groups in total. The summed E-state index contributed by atoms with van der Waals surface area (Å²) in [6.07, 6.45) is 2.05. The topological polar surface area (TPSA) is 70.8 Å². The maximum absolute atomic E-state index is 10.6. The molecule has 3 rings (SSSR count). The van der Waals surface area contributed by atoms with Crippen LogP contribution in [0, 0.1) is 5.92 Å². The standard InChI is InChI=1S/C16H24BrN3O2.2ClH/c17-12-1-2-13(18)16(21)14(12)15(11-3-9-22-10-4-11)20-7-5-19-6-8-20;;/h1-2,11,15,19,21H,3-10,18H2;2*1H/t15-;;/m0../s1. The molecular weight excluding hydrogens is 417 g/mol. The van der Waals surface area contributed by atoms with Crippen LogP contribution in [0.3, 0.4) is 0 Å². The maximum atomic E-state index is 10.6. The Balaban J connectivity index is 0.00000144. The largest absolute Gasteiger partial charge is 0.505 e. The van der Waals surface area contributed by atoms with Gasteiger partial charge >= 0.3 is 0 Å². The van der Waals surface area contributed by atoms with Gasteiger partial charge < -0.3 is 20.9 Å². The molecule has 0 amide bonds.